The van der Waals surface area contributed by atoms with Gasteiger partial charge in [0.2, 0.25) is 0 Å². The molecular weight excluding hydrogens is 1240 g/mol. The molecular formula is C89H164NO8P. The van der Waals surface area contributed by atoms with Gasteiger partial charge in [-0.05, 0) is 70.6 Å². The lowest BCUT2D eigenvalue weighted by atomic mass is 10.0. The van der Waals surface area contributed by atoms with E-state index in [1.807, 2.05) is 0 Å². The Labute approximate surface area is 614 Å². The lowest BCUT2D eigenvalue weighted by Crippen LogP contribution is -2.29. The van der Waals surface area contributed by atoms with Crippen molar-refractivity contribution in [3.8, 4) is 0 Å². The van der Waals surface area contributed by atoms with Crippen molar-refractivity contribution in [1.29, 1.82) is 0 Å². The van der Waals surface area contributed by atoms with E-state index < -0.39 is 26.5 Å². The smallest absolute Gasteiger partial charge is 0.462 e. The highest BCUT2D eigenvalue weighted by atomic mass is 31.2. The van der Waals surface area contributed by atoms with Gasteiger partial charge in [0.1, 0.15) is 6.61 Å². The molecule has 0 radical (unpaired) electrons. The molecule has 0 spiro atoms. The Bertz CT molecular complexity index is 1910. The minimum absolute atomic E-state index is 0.0533. The van der Waals surface area contributed by atoms with Crippen LogP contribution in [0.1, 0.15) is 438 Å². The molecule has 0 saturated carbocycles. The third kappa shape index (κ3) is 84.0. The summed E-state index contributed by atoms with van der Waals surface area (Å²) >= 11 is 0. The first kappa shape index (κ1) is 96.2. The number of hydrogen-bond donors (Lipinski definition) is 2. The molecule has 0 aromatic heterocycles. The zero-order valence-electron chi connectivity index (χ0n) is 65.5. The fourth-order valence-electron chi connectivity index (χ4n) is 13.0. The Hall–Kier alpha value is -2.81. The maximum Gasteiger partial charge on any atom is 0.472 e. The summed E-state index contributed by atoms with van der Waals surface area (Å²) in [4.78, 5) is 35.5. The van der Waals surface area contributed by atoms with Crippen LogP contribution in [0, 0.1) is 0 Å². The number of esters is 2. The van der Waals surface area contributed by atoms with Crippen LogP contribution < -0.4 is 5.73 Å². The number of phosphoric ester groups is 1. The van der Waals surface area contributed by atoms with Crippen LogP contribution in [-0.2, 0) is 32.7 Å². The highest BCUT2D eigenvalue weighted by Crippen LogP contribution is 2.43. The van der Waals surface area contributed by atoms with Crippen LogP contribution in [0.2, 0.25) is 0 Å². The van der Waals surface area contributed by atoms with E-state index in [0.717, 1.165) is 83.5 Å². The van der Waals surface area contributed by atoms with Crippen molar-refractivity contribution in [2.24, 2.45) is 5.73 Å². The molecule has 0 aliphatic rings. The summed E-state index contributed by atoms with van der Waals surface area (Å²) in [5.41, 5.74) is 5.42. The summed E-state index contributed by atoms with van der Waals surface area (Å²) in [6.07, 6.45) is 115. The van der Waals surface area contributed by atoms with Gasteiger partial charge in [-0.3, -0.25) is 18.6 Å². The van der Waals surface area contributed by atoms with Crippen molar-refractivity contribution in [3.63, 3.8) is 0 Å². The van der Waals surface area contributed by atoms with Crippen LogP contribution in [0.5, 0.6) is 0 Å². The van der Waals surface area contributed by atoms with Gasteiger partial charge in [-0.1, -0.05) is 439 Å². The van der Waals surface area contributed by atoms with Gasteiger partial charge in [-0.15, -0.1) is 0 Å². The average Bonchev–Trinajstić information content (AvgIpc) is 1.64. The van der Waals surface area contributed by atoms with Crippen LogP contribution >= 0.6 is 7.82 Å². The van der Waals surface area contributed by atoms with Gasteiger partial charge < -0.3 is 20.1 Å². The second-order valence-corrected chi connectivity index (χ2v) is 30.5. The third-order valence-corrected chi connectivity index (χ3v) is 20.3. The summed E-state index contributed by atoms with van der Waals surface area (Å²) in [6.45, 7) is 3.70. The summed E-state index contributed by atoms with van der Waals surface area (Å²) in [7, 11) is -4.40. The first-order chi connectivity index (χ1) is 48.8. The number of carbonyl (C=O) groups is 2. The second kappa shape index (κ2) is 84.1. The van der Waals surface area contributed by atoms with E-state index in [2.05, 4.69) is 98.9 Å². The Morgan fingerprint density at radius 3 is 0.828 bits per heavy atom. The number of nitrogens with two attached hydrogens (primary N) is 1. The number of hydrogen-bond acceptors (Lipinski definition) is 8. The molecule has 2 atom stereocenters. The largest absolute Gasteiger partial charge is 0.472 e. The van der Waals surface area contributed by atoms with Crippen molar-refractivity contribution < 1.29 is 37.6 Å². The van der Waals surface area contributed by atoms with E-state index in [9.17, 15) is 19.0 Å². The average molecular weight is 1410 g/mol. The Morgan fingerprint density at radius 1 is 0.313 bits per heavy atom. The van der Waals surface area contributed by atoms with Crippen molar-refractivity contribution in [3.05, 3.63) is 85.1 Å². The topological polar surface area (TPSA) is 134 Å². The lowest BCUT2D eigenvalue weighted by Gasteiger charge is -2.19. The van der Waals surface area contributed by atoms with E-state index >= 15 is 0 Å². The Kier molecular flexibility index (Phi) is 81.7. The molecule has 9 nitrogen and oxygen atoms in total. The van der Waals surface area contributed by atoms with Crippen LogP contribution in [0.3, 0.4) is 0 Å². The summed E-state index contributed by atoms with van der Waals surface area (Å²) in [6, 6.07) is 0. The standard InChI is InChI=1S/C89H164NO8P/c1-3-5-7-9-11-13-15-17-19-21-23-25-27-29-31-33-35-37-39-41-42-43-44-46-47-49-51-53-55-57-59-61-63-65-67-69-71-73-75-77-79-81-88(91)95-85-87(86-97-99(93,94)96-84-83-90)98-89(92)82-80-78-76-74-72-70-68-66-64-62-60-58-56-54-52-50-48-45-40-38-36-34-32-30-28-26-24-22-20-18-16-14-12-10-8-6-4-2/h6,8,12,14,18,20,24,26,30,32,36,38,45,48,87H,3-5,7,9-11,13,15-17,19,21-23,25,27-29,31,33-35,37,39-44,46-47,49-86,90H2,1-2H3,(H,93,94)/b8-6-,14-12-,20-18-,26-24-,32-30-,38-36-,48-45-. The monoisotopic (exact) mass is 1410 g/mol. The SMILES string of the molecule is CC/C=C\C/C=C\C/C=C\C/C=C\C/C=C\C/C=C\C/C=C\CCCCCCCCCCCCCCCCCC(=O)OC(COC(=O)CCCCCCCCCCCCCCCCCCCCCCCCCCCCCCCCCCCCCCCCCCC)COP(=O)(O)OCCN. The minimum atomic E-state index is -4.40. The maximum atomic E-state index is 12.8. The molecule has 578 valence electrons. The van der Waals surface area contributed by atoms with E-state index in [-0.39, 0.29) is 38.6 Å². The molecule has 0 amide bonds. The molecule has 99 heavy (non-hydrogen) atoms. The molecule has 0 saturated heterocycles. The third-order valence-electron chi connectivity index (χ3n) is 19.3. The van der Waals surface area contributed by atoms with E-state index in [1.54, 1.807) is 0 Å². The van der Waals surface area contributed by atoms with Crippen molar-refractivity contribution in [1.82, 2.24) is 0 Å². The van der Waals surface area contributed by atoms with Gasteiger partial charge in [-0.2, -0.15) is 0 Å². The van der Waals surface area contributed by atoms with E-state index in [0.29, 0.717) is 6.42 Å². The number of unbranched alkanes of at least 4 members (excludes halogenated alkanes) is 55. The number of phosphoric acid groups is 1. The minimum Gasteiger partial charge on any atom is -0.462 e. The van der Waals surface area contributed by atoms with Crippen LogP contribution in [-0.4, -0.2) is 49.3 Å². The van der Waals surface area contributed by atoms with Gasteiger partial charge in [0.15, 0.2) is 6.10 Å². The number of carbonyl (C=O) groups excluding carboxylic acids is 2. The molecule has 2 unspecified atom stereocenters. The fraction of sp³-hybridized carbons (Fsp3) is 0.820. The summed E-state index contributed by atoms with van der Waals surface area (Å²) in [5.74, 6) is -0.808. The zero-order valence-corrected chi connectivity index (χ0v) is 66.4. The molecule has 0 fully saturated rings. The molecule has 10 heteroatoms. The highest BCUT2D eigenvalue weighted by Gasteiger charge is 2.26. The van der Waals surface area contributed by atoms with Gasteiger partial charge in [0.05, 0.1) is 13.2 Å². The van der Waals surface area contributed by atoms with Crippen molar-refractivity contribution in [2.75, 3.05) is 26.4 Å². The van der Waals surface area contributed by atoms with Gasteiger partial charge in [-0.25, -0.2) is 4.57 Å². The number of ether oxygens (including phenoxy) is 2. The molecule has 0 aliphatic carbocycles. The molecule has 0 aromatic carbocycles. The lowest BCUT2D eigenvalue weighted by molar-refractivity contribution is -0.161. The van der Waals surface area contributed by atoms with Crippen LogP contribution in [0.15, 0.2) is 85.1 Å². The quantitative estimate of drug-likeness (QED) is 0.0264. The summed E-state index contributed by atoms with van der Waals surface area (Å²) in [5, 5.41) is 0. The fourth-order valence-corrected chi connectivity index (χ4v) is 13.7. The number of allylic oxidation sites excluding steroid dienone is 14. The molecule has 0 aliphatic heterocycles. The van der Waals surface area contributed by atoms with Crippen LogP contribution in [0.4, 0.5) is 0 Å². The van der Waals surface area contributed by atoms with Crippen molar-refractivity contribution in [2.45, 2.75) is 444 Å². The molecule has 0 bridgehead atoms. The van der Waals surface area contributed by atoms with Gasteiger partial charge in [0.25, 0.3) is 0 Å². The predicted octanol–water partition coefficient (Wildman–Crippen LogP) is 29.2. The van der Waals surface area contributed by atoms with Gasteiger partial charge in [0, 0.05) is 19.4 Å². The van der Waals surface area contributed by atoms with E-state index in [4.69, 9.17) is 24.3 Å². The zero-order chi connectivity index (χ0) is 71.5. The Balaban J connectivity index is 3.74. The highest BCUT2D eigenvalue weighted by molar-refractivity contribution is 7.47. The first-order valence-corrected chi connectivity index (χ1v) is 44.6. The van der Waals surface area contributed by atoms with E-state index in [1.165, 1.54) is 321 Å². The predicted molar refractivity (Wildman–Crippen MR) is 432 cm³/mol. The molecule has 0 rings (SSSR count). The molecule has 0 aromatic rings. The molecule has 3 N–H and O–H groups in total. The van der Waals surface area contributed by atoms with Crippen LogP contribution in [0.25, 0.3) is 0 Å². The molecule has 0 heterocycles. The van der Waals surface area contributed by atoms with Crippen molar-refractivity contribution >= 4 is 19.8 Å². The maximum absolute atomic E-state index is 12.8. The summed E-state index contributed by atoms with van der Waals surface area (Å²) < 4.78 is 33.3. The second-order valence-electron chi connectivity index (χ2n) is 29.0. The first-order valence-electron chi connectivity index (χ1n) is 43.1. The van der Waals surface area contributed by atoms with Gasteiger partial charge >= 0.3 is 19.8 Å². The normalized spacial score (nSPS) is 13.2. The Morgan fingerprint density at radius 2 is 0.556 bits per heavy atom. The number of rotatable bonds is 82.